The summed E-state index contributed by atoms with van der Waals surface area (Å²) in [5, 5.41) is 25.0. The first-order valence-corrected chi connectivity index (χ1v) is 11.0. The molecule has 3 atom stereocenters. The third kappa shape index (κ3) is 44.5. The molecule has 15 N–H and O–H groups in total. The normalized spacial score (nSPS) is 11.2. The van der Waals surface area contributed by atoms with Gasteiger partial charge in [-0.1, -0.05) is 6.42 Å². The first-order valence-electron chi connectivity index (χ1n) is 9.60. The summed E-state index contributed by atoms with van der Waals surface area (Å²) in [4.78, 5) is 34.1. The Kier molecular flexibility index (Phi) is 53.4. The van der Waals surface area contributed by atoms with Gasteiger partial charge in [0.05, 0.1) is 0 Å². The second-order valence-corrected chi connectivity index (χ2v) is 7.33. The maximum absolute atomic E-state index is 10.2. The molecular formula is C17H39CuFeMnN7O6SZn. The molecule has 0 rings (SSSR count). The number of rotatable bonds is 14. The SMILES string of the molecule is CSCCC(N)C(=O)O.NC(N)=NCCCC(N)C(=O)O.NCCCCC(N)C(=O)O.[Cu].[Fe].[Mn].[Zn]. The van der Waals surface area contributed by atoms with Crippen molar-refractivity contribution in [2.45, 2.75) is 56.7 Å². The van der Waals surface area contributed by atoms with E-state index in [0.717, 1.165) is 18.6 Å². The maximum atomic E-state index is 10.2. The molecule has 0 bridgehead atoms. The number of carbonyl (C=O) groups is 3. The molecule has 0 aromatic carbocycles. The topological polar surface area (TPSA) is 280 Å². The molecule has 3 unspecified atom stereocenters. The standard InChI is InChI=1S/C6H14N4O2.C6H14N2O2.C5H11NO2S.Cu.Fe.Mn.Zn/c7-4(5(11)12)2-1-3-10-6(8)9;7-4-2-1-3-5(8)6(9)10;1-9-3-2-4(6)5(7)8;;;;/h4H,1-3,7H2,(H,11,12)(H4,8,9,10);5H,1-4,7-8H2,(H,9,10);4H,2-3,6H2,1H3,(H,7,8);;;;. The number of nitrogens with zero attached hydrogens (tertiary/aromatic N) is 1. The molecule has 0 aliphatic carbocycles. The van der Waals surface area contributed by atoms with Crippen molar-refractivity contribution in [1.82, 2.24) is 0 Å². The molecule has 0 amide bonds. The summed E-state index contributed by atoms with van der Waals surface area (Å²) in [5.74, 6) is -2.02. The van der Waals surface area contributed by atoms with Gasteiger partial charge in [0, 0.05) is 77.2 Å². The van der Waals surface area contributed by atoms with Crippen LogP contribution in [0.1, 0.15) is 38.5 Å². The van der Waals surface area contributed by atoms with Crippen LogP contribution in [0, 0.1) is 0 Å². The van der Waals surface area contributed by atoms with E-state index in [4.69, 9.17) is 49.7 Å². The zero-order chi connectivity index (χ0) is 24.8. The minimum Gasteiger partial charge on any atom is -0.480 e. The van der Waals surface area contributed by atoms with Gasteiger partial charge in [0.2, 0.25) is 0 Å². The van der Waals surface area contributed by atoms with E-state index in [-0.39, 0.29) is 76.6 Å². The molecule has 18 heteroatoms. The van der Waals surface area contributed by atoms with E-state index in [1.807, 2.05) is 6.26 Å². The van der Waals surface area contributed by atoms with E-state index in [9.17, 15) is 14.4 Å². The monoisotopic (exact) mass is 707 g/mol. The van der Waals surface area contributed by atoms with Crippen LogP contribution in [-0.2, 0) is 85.1 Å². The van der Waals surface area contributed by atoms with Crippen molar-refractivity contribution in [3.05, 3.63) is 0 Å². The fourth-order valence-electron chi connectivity index (χ4n) is 1.64. The minimum atomic E-state index is -1.00. The molecule has 13 nitrogen and oxygen atoms in total. The third-order valence-electron chi connectivity index (χ3n) is 3.52. The van der Waals surface area contributed by atoms with E-state index >= 15 is 0 Å². The molecule has 2 radical (unpaired) electrons. The Balaban J connectivity index is -0.0000000642. The fraction of sp³-hybridized carbons (Fsp3) is 0.765. The number of carboxylic acids is 3. The molecular weight excluding hydrogens is 670 g/mol. The van der Waals surface area contributed by atoms with Gasteiger partial charge in [-0.25, -0.2) is 0 Å². The zero-order valence-electron chi connectivity index (χ0n) is 19.7. The number of guanidine groups is 1. The Morgan fingerprint density at radius 2 is 1.20 bits per heavy atom. The van der Waals surface area contributed by atoms with E-state index in [2.05, 4.69) is 4.99 Å². The molecule has 0 fully saturated rings. The van der Waals surface area contributed by atoms with Crippen LogP contribution in [0.3, 0.4) is 0 Å². The molecule has 0 heterocycles. The molecule has 0 saturated carbocycles. The Morgan fingerprint density at radius 3 is 1.51 bits per heavy atom. The van der Waals surface area contributed by atoms with Crippen LogP contribution in [0.4, 0.5) is 0 Å². The third-order valence-corrected chi connectivity index (χ3v) is 4.17. The molecule has 0 spiro atoms. The van der Waals surface area contributed by atoms with Crippen LogP contribution in [0.5, 0.6) is 0 Å². The first-order chi connectivity index (χ1) is 14.4. The van der Waals surface area contributed by atoms with Gasteiger partial charge in [0.15, 0.2) is 5.96 Å². The van der Waals surface area contributed by atoms with Gasteiger partial charge < -0.3 is 49.7 Å². The van der Waals surface area contributed by atoms with Crippen molar-refractivity contribution in [3.8, 4) is 0 Å². The Labute approximate surface area is 255 Å². The van der Waals surface area contributed by atoms with E-state index in [1.165, 1.54) is 0 Å². The van der Waals surface area contributed by atoms with Crippen LogP contribution in [0.25, 0.3) is 0 Å². The molecule has 0 saturated heterocycles. The zero-order valence-corrected chi connectivity index (χ0v) is 26.7. The van der Waals surface area contributed by atoms with Gasteiger partial charge in [-0.05, 0) is 50.7 Å². The van der Waals surface area contributed by atoms with Crippen molar-refractivity contribution in [2.24, 2.45) is 39.4 Å². The number of hydrogen-bond donors (Lipinski definition) is 9. The smallest absolute Gasteiger partial charge is 0.320 e. The first kappa shape index (κ1) is 51.6. The summed E-state index contributed by atoms with van der Waals surface area (Å²) in [6.45, 7) is 1.02. The summed E-state index contributed by atoms with van der Waals surface area (Å²) in [6, 6.07) is -2.22. The predicted molar refractivity (Wildman–Crippen MR) is 123 cm³/mol. The number of hydrogen-bond acceptors (Lipinski definition) is 9. The summed E-state index contributed by atoms with van der Waals surface area (Å²) >= 11 is 1.60. The van der Waals surface area contributed by atoms with Crippen molar-refractivity contribution >= 4 is 35.6 Å². The van der Waals surface area contributed by atoms with Gasteiger partial charge in [-0.15, -0.1) is 0 Å². The average Bonchev–Trinajstić information content (AvgIpc) is 2.69. The summed E-state index contributed by atoms with van der Waals surface area (Å²) in [5.41, 5.74) is 30.9. The predicted octanol–water partition coefficient (Wildman–Crippen LogP) is -1.88. The number of aliphatic imine (C=N–C) groups is 1. The van der Waals surface area contributed by atoms with E-state index in [1.54, 1.807) is 11.8 Å². The van der Waals surface area contributed by atoms with Crippen LogP contribution < -0.4 is 34.4 Å². The largest absolute Gasteiger partial charge is 0.480 e. The Bertz CT molecular complexity index is 547. The van der Waals surface area contributed by atoms with Crippen LogP contribution in [0.15, 0.2) is 4.99 Å². The molecule has 0 aliphatic rings. The van der Waals surface area contributed by atoms with Gasteiger partial charge in [0.25, 0.3) is 0 Å². The second kappa shape index (κ2) is 36.2. The summed E-state index contributed by atoms with van der Waals surface area (Å²) < 4.78 is 0. The number of carboxylic acid groups (broad SMARTS) is 3. The second-order valence-electron chi connectivity index (χ2n) is 6.35. The van der Waals surface area contributed by atoms with Crippen molar-refractivity contribution in [2.75, 3.05) is 25.1 Å². The summed E-state index contributed by atoms with van der Waals surface area (Å²) in [6.07, 6.45) is 5.60. The molecule has 0 aliphatic heterocycles. The number of nitrogens with two attached hydrogens (primary N) is 6. The van der Waals surface area contributed by atoms with Crippen LogP contribution in [0.2, 0.25) is 0 Å². The Morgan fingerprint density at radius 1 is 0.829 bits per heavy atom. The average molecular weight is 709 g/mol. The van der Waals surface area contributed by atoms with Gasteiger partial charge in [-0.2, -0.15) is 11.8 Å². The number of unbranched alkanes of at least 4 members (excludes halogenated alkanes) is 1. The van der Waals surface area contributed by atoms with Gasteiger partial charge >= 0.3 is 17.9 Å². The van der Waals surface area contributed by atoms with E-state index < -0.39 is 36.0 Å². The quantitative estimate of drug-likeness (QED) is 0.0414. The van der Waals surface area contributed by atoms with Gasteiger partial charge in [-0.3, -0.25) is 19.4 Å². The van der Waals surface area contributed by atoms with Gasteiger partial charge in [0.1, 0.15) is 18.1 Å². The van der Waals surface area contributed by atoms with Crippen LogP contribution >= 0.6 is 11.8 Å². The molecule has 35 heavy (non-hydrogen) atoms. The summed E-state index contributed by atoms with van der Waals surface area (Å²) in [7, 11) is 0. The van der Waals surface area contributed by atoms with Crippen molar-refractivity contribution < 1.29 is 100 Å². The minimum absolute atomic E-state index is 0. The van der Waals surface area contributed by atoms with Crippen molar-refractivity contribution in [3.63, 3.8) is 0 Å². The fourth-order valence-corrected chi connectivity index (χ4v) is 2.13. The van der Waals surface area contributed by atoms with Crippen LogP contribution in [-0.4, -0.2) is 82.4 Å². The maximum Gasteiger partial charge on any atom is 0.320 e. The molecule has 0 aromatic rings. The molecule has 0 aromatic heterocycles. The van der Waals surface area contributed by atoms with Crippen molar-refractivity contribution in [1.29, 1.82) is 0 Å². The molecule has 212 valence electrons. The number of aliphatic carboxylic acids is 3. The van der Waals surface area contributed by atoms with E-state index in [0.29, 0.717) is 38.8 Å². The number of thioether (sulfide) groups is 1. The Hall–Kier alpha value is 0.0518.